The summed E-state index contributed by atoms with van der Waals surface area (Å²) >= 11 is 0. The van der Waals surface area contributed by atoms with Crippen molar-refractivity contribution in [1.29, 1.82) is 0 Å². The number of carbonyl (C=O) groups excluding carboxylic acids is 1. The number of aliphatic carboxylic acids is 1. The minimum Gasteiger partial charge on any atom is -0.481 e. The van der Waals surface area contributed by atoms with Crippen molar-refractivity contribution >= 4 is 11.9 Å². The quantitative estimate of drug-likeness (QED) is 0.789. The second-order valence-corrected chi connectivity index (χ2v) is 6.74. The zero-order valence-corrected chi connectivity index (χ0v) is 12.9. The molecule has 0 saturated heterocycles. The molecule has 2 fully saturated rings. The van der Waals surface area contributed by atoms with E-state index in [1.807, 2.05) is 0 Å². The van der Waals surface area contributed by atoms with Gasteiger partial charge in [0.05, 0.1) is 12.5 Å². The average molecular weight is 297 g/mol. The fourth-order valence-electron chi connectivity index (χ4n) is 3.94. The Kier molecular flexibility index (Phi) is 5.62. The second kappa shape index (κ2) is 7.25. The first-order chi connectivity index (χ1) is 10.0. The summed E-state index contributed by atoms with van der Waals surface area (Å²) in [6.07, 6.45) is 8.48. The van der Waals surface area contributed by atoms with Gasteiger partial charge in [0.2, 0.25) is 5.91 Å². The molecule has 2 saturated carbocycles. The predicted molar refractivity (Wildman–Crippen MR) is 79.0 cm³/mol. The Morgan fingerprint density at radius 1 is 1.19 bits per heavy atom. The summed E-state index contributed by atoms with van der Waals surface area (Å²) in [5.41, 5.74) is -0.326. The molecule has 2 rings (SSSR count). The molecule has 2 N–H and O–H groups in total. The summed E-state index contributed by atoms with van der Waals surface area (Å²) < 4.78 is 5.32. The van der Waals surface area contributed by atoms with Crippen LogP contribution < -0.4 is 5.32 Å². The van der Waals surface area contributed by atoms with Crippen molar-refractivity contribution in [2.45, 2.75) is 76.4 Å². The molecule has 0 spiro atoms. The molecule has 120 valence electrons. The largest absolute Gasteiger partial charge is 0.481 e. The predicted octanol–water partition coefficient (Wildman–Crippen LogP) is 2.49. The summed E-state index contributed by atoms with van der Waals surface area (Å²) in [5.74, 6) is -0.773. The first-order valence-electron chi connectivity index (χ1n) is 8.07. The highest BCUT2D eigenvalue weighted by Gasteiger charge is 2.37. The van der Waals surface area contributed by atoms with Gasteiger partial charge in [0.1, 0.15) is 0 Å². The van der Waals surface area contributed by atoms with Crippen LogP contribution in [-0.2, 0) is 14.3 Å². The van der Waals surface area contributed by atoms with Gasteiger partial charge >= 0.3 is 5.97 Å². The molecule has 0 aromatic carbocycles. The lowest BCUT2D eigenvalue weighted by atomic mass is 9.69. The number of nitrogens with one attached hydrogen (secondary N) is 1. The van der Waals surface area contributed by atoms with Gasteiger partial charge in [-0.1, -0.05) is 19.3 Å². The van der Waals surface area contributed by atoms with Gasteiger partial charge in [-0.05, 0) is 37.5 Å². The summed E-state index contributed by atoms with van der Waals surface area (Å²) in [7, 11) is 1.71. The fraction of sp³-hybridized carbons (Fsp3) is 0.875. The number of methoxy groups -OCH3 is 1. The molecule has 0 radical (unpaired) electrons. The normalized spacial score (nSPS) is 28.2. The van der Waals surface area contributed by atoms with Crippen LogP contribution in [0.5, 0.6) is 0 Å². The van der Waals surface area contributed by atoms with E-state index < -0.39 is 5.97 Å². The minimum absolute atomic E-state index is 0.0138. The number of carbonyl (C=O) groups is 2. The molecule has 0 aliphatic heterocycles. The van der Waals surface area contributed by atoms with Crippen molar-refractivity contribution in [1.82, 2.24) is 5.32 Å². The topological polar surface area (TPSA) is 75.6 Å². The average Bonchev–Trinajstić information content (AvgIpc) is 2.86. The summed E-state index contributed by atoms with van der Waals surface area (Å²) in [6, 6.07) is 0.188. The summed E-state index contributed by atoms with van der Waals surface area (Å²) in [5, 5.41) is 12.2. The third-order valence-corrected chi connectivity index (χ3v) is 5.06. The van der Waals surface area contributed by atoms with E-state index in [1.54, 1.807) is 7.11 Å². The van der Waals surface area contributed by atoms with Gasteiger partial charge in [-0.15, -0.1) is 0 Å². The third-order valence-electron chi connectivity index (χ3n) is 5.06. The maximum atomic E-state index is 12.3. The Morgan fingerprint density at radius 2 is 1.90 bits per heavy atom. The number of rotatable bonds is 6. The van der Waals surface area contributed by atoms with Crippen LogP contribution in [0.2, 0.25) is 0 Å². The van der Waals surface area contributed by atoms with Gasteiger partial charge in [0.25, 0.3) is 0 Å². The Labute approximate surface area is 126 Å². The maximum Gasteiger partial charge on any atom is 0.303 e. The molecular weight excluding hydrogens is 270 g/mol. The van der Waals surface area contributed by atoms with Crippen molar-refractivity contribution < 1.29 is 19.4 Å². The minimum atomic E-state index is -0.787. The Bertz CT molecular complexity index is 376. The van der Waals surface area contributed by atoms with Crippen molar-refractivity contribution in [2.24, 2.45) is 5.41 Å². The second-order valence-electron chi connectivity index (χ2n) is 6.74. The van der Waals surface area contributed by atoms with Crippen LogP contribution in [0.1, 0.15) is 64.2 Å². The Balaban J connectivity index is 1.87. The van der Waals surface area contributed by atoms with Crippen LogP contribution in [0.15, 0.2) is 0 Å². The van der Waals surface area contributed by atoms with E-state index >= 15 is 0 Å². The smallest absolute Gasteiger partial charge is 0.303 e. The summed E-state index contributed by atoms with van der Waals surface area (Å²) in [6.45, 7) is 0. The Hall–Kier alpha value is -1.10. The van der Waals surface area contributed by atoms with Crippen molar-refractivity contribution in [3.63, 3.8) is 0 Å². The highest BCUT2D eigenvalue weighted by Crippen LogP contribution is 2.42. The molecule has 5 heteroatoms. The number of hydrogen-bond donors (Lipinski definition) is 2. The molecule has 0 bridgehead atoms. The summed E-state index contributed by atoms with van der Waals surface area (Å²) in [4.78, 5) is 23.4. The van der Waals surface area contributed by atoms with Crippen LogP contribution in [-0.4, -0.2) is 36.2 Å². The lowest BCUT2D eigenvalue weighted by Gasteiger charge is -2.35. The number of carboxylic acid groups (broad SMARTS) is 1. The number of ether oxygens (including phenoxy) is 1. The molecule has 2 atom stereocenters. The van der Waals surface area contributed by atoms with E-state index in [0.717, 1.165) is 51.4 Å². The molecule has 1 amide bonds. The molecule has 0 heterocycles. The molecule has 2 aliphatic rings. The lowest BCUT2D eigenvalue weighted by molar-refractivity contribution is -0.141. The molecule has 0 aromatic heterocycles. The van der Waals surface area contributed by atoms with Gasteiger partial charge in [-0.2, -0.15) is 0 Å². The molecule has 5 nitrogen and oxygen atoms in total. The van der Waals surface area contributed by atoms with Gasteiger partial charge in [0, 0.05) is 19.6 Å². The van der Waals surface area contributed by atoms with Crippen LogP contribution in [0.3, 0.4) is 0 Å². The zero-order chi connectivity index (χ0) is 15.3. The fourth-order valence-corrected chi connectivity index (χ4v) is 3.94. The van der Waals surface area contributed by atoms with Crippen LogP contribution in [0.4, 0.5) is 0 Å². The van der Waals surface area contributed by atoms with Crippen molar-refractivity contribution in [2.75, 3.05) is 7.11 Å². The molecule has 21 heavy (non-hydrogen) atoms. The van der Waals surface area contributed by atoms with E-state index in [2.05, 4.69) is 5.32 Å². The maximum absolute atomic E-state index is 12.3. The number of carboxylic acids is 1. The van der Waals surface area contributed by atoms with Gasteiger partial charge < -0.3 is 15.2 Å². The molecule has 2 aliphatic carbocycles. The van der Waals surface area contributed by atoms with E-state index in [4.69, 9.17) is 9.84 Å². The van der Waals surface area contributed by atoms with Crippen molar-refractivity contribution in [3.8, 4) is 0 Å². The molecular formula is C16H27NO4. The third kappa shape index (κ3) is 4.70. The standard InChI is InChI=1S/C16H27NO4/c1-21-13-6-5-12(9-13)17-14(18)10-16(11-15(19)20)7-3-2-4-8-16/h12-13H,2-11H2,1H3,(H,17,18)(H,19,20). The van der Waals surface area contributed by atoms with Gasteiger partial charge in [0.15, 0.2) is 0 Å². The zero-order valence-electron chi connectivity index (χ0n) is 12.9. The van der Waals surface area contributed by atoms with Gasteiger partial charge in [-0.3, -0.25) is 9.59 Å². The highest BCUT2D eigenvalue weighted by atomic mass is 16.5. The first-order valence-corrected chi connectivity index (χ1v) is 8.07. The van der Waals surface area contributed by atoms with Gasteiger partial charge in [-0.25, -0.2) is 0 Å². The van der Waals surface area contributed by atoms with E-state index in [0.29, 0.717) is 6.42 Å². The Morgan fingerprint density at radius 3 is 2.48 bits per heavy atom. The molecule has 2 unspecified atom stereocenters. The van der Waals surface area contributed by atoms with Crippen LogP contribution in [0.25, 0.3) is 0 Å². The lowest BCUT2D eigenvalue weighted by Crippen LogP contribution is -2.39. The van der Waals surface area contributed by atoms with Crippen LogP contribution in [0, 0.1) is 5.41 Å². The SMILES string of the molecule is COC1CCC(NC(=O)CC2(CC(=O)O)CCCCC2)C1. The monoisotopic (exact) mass is 297 g/mol. The van der Waals surface area contributed by atoms with Crippen LogP contribution >= 0.6 is 0 Å². The number of hydrogen-bond acceptors (Lipinski definition) is 3. The van der Waals surface area contributed by atoms with E-state index in [1.165, 1.54) is 0 Å². The first kappa shape index (κ1) is 16.3. The number of amides is 1. The molecule has 0 aromatic rings. The van der Waals surface area contributed by atoms with Crippen molar-refractivity contribution in [3.05, 3.63) is 0 Å². The van der Waals surface area contributed by atoms with E-state index in [9.17, 15) is 9.59 Å². The van der Waals surface area contributed by atoms with E-state index in [-0.39, 0.29) is 29.9 Å². The highest BCUT2D eigenvalue weighted by molar-refractivity contribution is 5.78.